The van der Waals surface area contributed by atoms with E-state index in [2.05, 4.69) is 22.5 Å². The molecule has 0 spiro atoms. The third kappa shape index (κ3) is 4.34. The largest absolute Gasteiger partial charge is 0.347 e. The van der Waals surface area contributed by atoms with E-state index >= 15 is 0 Å². The Morgan fingerprint density at radius 2 is 1.87 bits per heavy atom. The summed E-state index contributed by atoms with van der Waals surface area (Å²) in [6.07, 6.45) is 1.92. The Kier molecular flexibility index (Phi) is 6.81. The highest BCUT2D eigenvalue weighted by molar-refractivity contribution is 6.06. The van der Waals surface area contributed by atoms with Crippen LogP contribution in [-0.4, -0.2) is 29.5 Å². The molecule has 1 fully saturated rings. The molecule has 1 aliphatic rings. The maximum absolute atomic E-state index is 12.7. The predicted octanol–water partition coefficient (Wildman–Crippen LogP) is 3.26. The number of nitrogens with zero attached hydrogens (tertiary/aromatic N) is 1. The van der Waals surface area contributed by atoms with E-state index < -0.39 is 0 Å². The van der Waals surface area contributed by atoms with Crippen LogP contribution in [0.2, 0.25) is 0 Å². The third-order valence-corrected chi connectivity index (χ3v) is 4.21. The Bertz CT molecular complexity index is 685. The van der Waals surface area contributed by atoms with E-state index in [0.717, 1.165) is 48.1 Å². The summed E-state index contributed by atoms with van der Waals surface area (Å²) in [5.74, 6) is 0.00102. The molecule has 0 bridgehead atoms. The van der Waals surface area contributed by atoms with Crippen molar-refractivity contribution in [3.05, 3.63) is 41.6 Å². The van der Waals surface area contributed by atoms with E-state index in [1.165, 1.54) is 0 Å². The molecule has 2 heterocycles. The molecule has 4 nitrogen and oxygen atoms in total. The molecule has 1 aliphatic heterocycles. The number of pyridine rings is 1. The van der Waals surface area contributed by atoms with Crippen LogP contribution >= 0.6 is 24.8 Å². The summed E-state index contributed by atoms with van der Waals surface area (Å²) >= 11 is 0. The summed E-state index contributed by atoms with van der Waals surface area (Å²) in [5.41, 5.74) is 2.34. The summed E-state index contributed by atoms with van der Waals surface area (Å²) < 4.78 is 0. The molecule has 2 N–H and O–H groups in total. The maximum Gasteiger partial charge on any atom is 0.252 e. The molecule has 0 saturated carbocycles. The minimum Gasteiger partial charge on any atom is -0.347 e. The normalized spacial score (nSPS) is 16.1. The van der Waals surface area contributed by atoms with Gasteiger partial charge in [-0.25, -0.2) is 0 Å². The highest BCUT2D eigenvalue weighted by Gasteiger charge is 2.29. The molecule has 0 aliphatic carbocycles. The number of aryl methyl sites for hydroxylation is 1. The Hall–Kier alpha value is -1.36. The van der Waals surface area contributed by atoms with Crippen LogP contribution in [0.4, 0.5) is 0 Å². The second-order valence-corrected chi connectivity index (χ2v) is 6.09. The van der Waals surface area contributed by atoms with Gasteiger partial charge < -0.3 is 10.6 Å². The van der Waals surface area contributed by atoms with Crippen molar-refractivity contribution in [3.63, 3.8) is 0 Å². The van der Waals surface area contributed by atoms with Gasteiger partial charge in [0.1, 0.15) is 0 Å². The Morgan fingerprint density at radius 1 is 1.22 bits per heavy atom. The summed E-state index contributed by atoms with van der Waals surface area (Å²) in [6, 6.07) is 9.68. The summed E-state index contributed by atoms with van der Waals surface area (Å²) in [6.45, 7) is 5.96. The van der Waals surface area contributed by atoms with E-state index in [0.29, 0.717) is 0 Å². The molecular weight excluding hydrogens is 333 g/mol. The van der Waals surface area contributed by atoms with Gasteiger partial charge in [0.2, 0.25) is 0 Å². The molecule has 1 amide bonds. The van der Waals surface area contributed by atoms with Crippen molar-refractivity contribution in [2.45, 2.75) is 32.2 Å². The number of amides is 1. The summed E-state index contributed by atoms with van der Waals surface area (Å²) in [7, 11) is 0. The number of para-hydroxylation sites is 1. The number of aromatic nitrogens is 1. The minimum atomic E-state index is -0.124. The van der Waals surface area contributed by atoms with Crippen LogP contribution in [0.1, 0.15) is 35.8 Å². The zero-order valence-electron chi connectivity index (χ0n) is 13.4. The molecule has 0 unspecified atom stereocenters. The average molecular weight is 356 g/mol. The number of hydrogen-bond donors (Lipinski definition) is 2. The quantitative estimate of drug-likeness (QED) is 0.869. The highest BCUT2D eigenvalue weighted by atomic mass is 35.5. The highest BCUT2D eigenvalue weighted by Crippen LogP contribution is 2.22. The maximum atomic E-state index is 12.7. The standard InChI is InChI=1S/C17H21N3O.2ClH/c1-12-11-14(13-5-3-4-6-15(13)19-12)16(21)20-17(2)7-9-18-10-8-17;;/h3-6,11,18H,7-10H2,1-2H3,(H,20,21);2*1H. The van der Waals surface area contributed by atoms with Crippen LogP contribution in [-0.2, 0) is 0 Å². The summed E-state index contributed by atoms with van der Waals surface area (Å²) in [4.78, 5) is 17.2. The van der Waals surface area contributed by atoms with Crippen LogP contribution in [0.25, 0.3) is 10.9 Å². The predicted molar refractivity (Wildman–Crippen MR) is 99.0 cm³/mol. The molecule has 3 rings (SSSR count). The zero-order chi connectivity index (χ0) is 14.9. The molecular formula is C17H23Cl2N3O. The second-order valence-electron chi connectivity index (χ2n) is 6.09. The van der Waals surface area contributed by atoms with Gasteiger partial charge in [0.05, 0.1) is 11.1 Å². The number of benzene rings is 1. The van der Waals surface area contributed by atoms with Crippen LogP contribution in [0.5, 0.6) is 0 Å². The van der Waals surface area contributed by atoms with E-state index in [4.69, 9.17) is 0 Å². The number of carbonyl (C=O) groups excluding carboxylic acids is 1. The first kappa shape index (κ1) is 19.7. The number of rotatable bonds is 2. The fourth-order valence-corrected chi connectivity index (χ4v) is 2.94. The van der Waals surface area contributed by atoms with Gasteiger partial charge in [-0.2, -0.15) is 0 Å². The van der Waals surface area contributed by atoms with Gasteiger partial charge in [0.25, 0.3) is 5.91 Å². The first-order chi connectivity index (χ1) is 10.1. The van der Waals surface area contributed by atoms with Crippen molar-refractivity contribution in [1.82, 2.24) is 15.6 Å². The van der Waals surface area contributed by atoms with E-state index in [1.807, 2.05) is 37.3 Å². The third-order valence-electron chi connectivity index (χ3n) is 4.21. The molecule has 0 radical (unpaired) electrons. The van der Waals surface area contributed by atoms with Crippen LogP contribution in [0.15, 0.2) is 30.3 Å². The Balaban J connectivity index is 0.00000132. The van der Waals surface area contributed by atoms with E-state index in [9.17, 15) is 4.79 Å². The van der Waals surface area contributed by atoms with Gasteiger partial charge >= 0.3 is 0 Å². The molecule has 1 saturated heterocycles. The van der Waals surface area contributed by atoms with Crippen molar-refractivity contribution in [2.24, 2.45) is 0 Å². The van der Waals surface area contributed by atoms with Gasteiger partial charge in [-0.05, 0) is 51.9 Å². The lowest BCUT2D eigenvalue weighted by Crippen LogP contribution is -2.52. The topological polar surface area (TPSA) is 54.0 Å². The number of piperidine rings is 1. The first-order valence-corrected chi connectivity index (χ1v) is 7.47. The fourth-order valence-electron chi connectivity index (χ4n) is 2.94. The van der Waals surface area contributed by atoms with Gasteiger partial charge in [0, 0.05) is 16.6 Å². The van der Waals surface area contributed by atoms with Crippen LogP contribution in [0.3, 0.4) is 0 Å². The molecule has 6 heteroatoms. The molecule has 23 heavy (non-hydrogen) atoms. The van der Waals surface area contributed by atoms with Crippen molar-refractivity contribution in [1.29, 1.82) is 0 Å². The molecule has 1 aromatic heterocycles. The van der Waals surface area contributed by atoms with Gasteiger partial charge in [-0.3, -0.25) is 9.78 Å². The molecule has 2 aromatic rings. The van der Waals surface area contributed by atoms with Gasteiger partial charge in [-0.15, -0.1) is 24.8 Å². The van der Waals surface area contributed by atoms with E-state index in [1.54, 1.807) is 0 Å². The smallest absolute Gasteiger partial charge is 0.252 e. The number of hydrogen-bond acceptors (Lipinski definition) is 3. The lowest BCUT2D eigenvalue weighted by molar-refractivity contribution is 0.0889. The van der Waals surface area contributed by atoms with Crippen molar-refractivity contribution < 1.29 is 4.79 Å². The minimum absolute atomic E-state index is 0. The second kappa shape index (κ2) is 7.95. The zero-order valence-corrected chi connectivity index (χ0v) is 15.0. The number of fused-ring (bicyclic) bond motifs is 1. The van der Waals surface area contributed by atoms with Crippen molar-refractivity contribution >= 4 is 41.6 Å². The number of carbonyl (C=O) groups is 1. The lowest BCUT2D eigenvalue weighted by atomic mass is 9.90. The number of halogens is 2. The van der Waals surface area contributed by atoms with Crippen LogP contribution in [0, 0.1) is 6.92 Å². The number of nitrogens with one attached hydrogen (secondary N) is 2. The van der Waals surface area contributed by atoms with Crippen LogP contribution < -0.4 is 10.6 Å². The molecule has 1 aromatic carbocycles. The fraction of sp³-hybridized carbons (Fsp3) is 0.412. The average Bonchev–Trinajstić information content (AvgIpc) is 2.46. The molecule has 0 atom stereocenters. The van der Waals surface area contributed by atoms with Gasteiger partial charge in [-0.1, -0.05) is 18.2 Å². The lowest BCUT2D eigenvalue weighted by Gasteiger charge is -2.35. The Labute approximate surface area is 149 Å². The first-order valence-electron chi connectivity index (χ1n) is 7.47. The Morgan fingerprint density at radius 3 is 2.57 bits per heavy atom. The van der Waals surface area contributed by atoms with Gasteiger partial charge in [0.15, 0.2) is 0 Å². The molecule has 126 valence electrons. The van der Waals surface area contributed by atoms with E-state index in [-0.39, 0.29) is 36.3 Å². The monoisotopic (exact) mass is 355 g/mol. The van der Waals surface area contributed by atoms with Crippen molar-refractivity contribution in [2.75, 3.05) is 13.1 Å². The SMILES string of the molecule is Cc1cc(C(=O)NC2(C)CCNCC2)c2ccccc2n1.Cl.Cl. The summed E-state index contributed by atoms with van der Waals surface area (Å²) in [5, 5.41) is 7.47. The van der Waals surface area contributed by atoms with Crippen molar-refractivity contribution in [3.8, 4) is 0 Å².